The zero-order valence-corrected chi connectivity index (χ0v) is 14.4. The van der Waals surface area contributed by atoms with Crippen LogP contribution >= 0.6 is 15.9 Å². The molecule has 2 heterocycles. The van der Waals surface area contributed by atoms with E-state index in [9.17, 15) is 4.39 Å². The maximum Gasteiger partial charge on any atom is 0.117 e. The van der Waals surface area contributed by atoms with Crippen LogP contribution in [0.5, 0.6) is 0 Å². The lowest BCUT2D eigenvalue weighted by molar-refractivity contribution is -0.0892. The highest BCUT2D eigenvalue weighted by Gasteiger charge is 2.34. The Kier molecular flexibility index (Phi) is 5.85. The highest BCUT2D eigenvalue weighted by Crippen LogP contribution is 2.24. The number of nitrogens with zero attached hydrogens (tertiary/aromatic N) is 1. The summed E-state index contributed by atoms with van der Waals surface area (Å²) in [6.45, 7) is 3.10. The van der Waals surface area contributed by atoms with Crippen LogP contribution in [0.15, 0.2) is 28.7 Å². The summed E-state index contributed by atoms with van der Waals surface area (Å²) in [5.74, 6) is 0. The van der Waals surface area contributed by atoms with Crippen LogP contribution in [-0.4, -0.2) is 56.0 Å². The van der Waals surface area contributed by atoms with Gasteiger partial charge in [0.15, 0.2) is 0 Å². The van der Waals surface area contributed by atoms with Crippen LogP contribution < -0.4 is 5.32 Å². The van der Waals surface area contributed by atoms with Crippen LogP contribution in [-0.2, 0) is 11.2 Å². The molecule has 3 rings (SSSR count). The largest absolute Gasteiger partial charge is 0.373 e. The predicted molar refractivity (Wildman–Crippen MR) is 89.9 cm³/mol. The van der Waals surface area contributed by atoms with Crippen LogP contribution in [0, 0.1) is 0 Å². The number of rotatable bonds is 4. The van der Waals surface area contributed by atoms with Gasteiger partial charge in [0.2, 0.25) is 0 Å². The predicted octanol–water partition coefficient (Wildman–Crippen LogP) is 2.78. The summed E-state index contributed by atoms with van der Waals surface area (Å²) in [5.41, 5.74) is 1.31. The van der Waals surface area contributed by atoms with Gasteiger partial charge >= 0.3 is 0 Å². The van der Waals surface area contributed by atoms with Crippen molar-refractivity contribution in [1.29, 1.82) is 0 Å². The third-order valence-electron chi connectivity index (χ3n) is 4.74. The molecule has 0 amide bonds. The molecule has 2 atom stereocenters. The lowest BCUT2D eigenvalue weighted by atomic mass is 9.97. The van der Waals surface area contributed by atoms with Crippen LogP contribution in [0.3, 0.4) is 0 Å². The zero-order valence-electron chi connectivity index (χ0n) is 12.8. The average Bonchev–Trinajstić information content (AvgIpc) is 2.58. The molecule has 0 bridgehead atoms. The van der Waals surface area contributed by atoms with Crippen LogP contribution in [0.25, 0.3) is 0 Å². The first-order valence-electron chi connectivity index (χ1n) is 8.14. The van der Waals surface area contributed by atoms with E-state index in [1.165, 1.54) is 5.56 Å². The van der Waals surface area contributed by atoms with Gasteiger partial charge in [-0.1, -0.05) is 28.1 Å². The maximum atomic E-state index is 13.0. The SMILES string of the molecule is FC[C@H]1CN(C2CCNCC2)[C@@H](Cc2ccc(Br)cc2)CO1. The van der Waals surface area contributed by atoms with Crippen molar-refractivity contribution in [3.05, 3.63) is 34.3 Å². The first-order valence-corrected chi connectivity index (χ1v) is 8.94. The second-order valence-corrected chi connectivity index (χ2v) is 7.19. The topological polar surface area (TPSA) is 24.5 Å². The van der Waals surface area contributed by atoms with Gasteiger partial charge in [0, 0.05) is 23.1 Å². The maximum absolute atomic E-state index is 13.0. The van der Waals surface area contributed by atoms with E-state index in [1.54, 1.807) is 0 Å². The third-order valence-corrected chi connectivity index (χ3v) is 5.27. The Morgan fingerprint density at radius 2 is 1.95 bits per heavy atom. The summed E-state index contributed by atoms with van der Waals surface area (Å²) in [6, 6.07) is 9.39. The van der Waals surface area contributed by atoms with E-state index in [0.29, 0.717) is 18.7 Å². The smallest absolute Gasteiger partial charge is 0.117 e. The van der Waals surface area contributed by atoms with Gasteiger partial charge < -0.3 is 10.1 Å². The summed E-state index contributed by atoms with van der Waals surface area (Å²) < 4.78 is 19.9. The quantitative estimate of drug-likeness (QED) is 0.881. The van der Waals surface area contributed by atoms with E-state index in [1.807, 2.05) is 0 Å². The molecule has 1 aromatic carbocycles. The van der Waals surface area contributed by atoms with Crippen molar-refractivity contribution in [2.75, 3.05) is 32.9 Å². The molecule has 0 aromatic heterocycles. The summed E-state index contributed by atoms with van der Waals surface area (Å²) in [7, 11) is 0. The molecular weight excluding hydrogens is 347 g/mol. The van der Waals surface area contributed by atoms with E-state index >= 15 is 0 Å². The number of piperidine rings is 1. The van der Waals surface area contributed by atoms with Gasteiger partial charge in [-0.25, -0.2) is 4.39 Å². The molecule has 122 valence electrons. The lowest BCUT2D eigenvalue weighted by Crippen LogP contribution is -2.57. The van der Waals surface area contributed by atoms with Crippen LogP contribution in [0.1, 0.15) is 18.4 Å². The summed E-state index contributed by atoms with van der Waals surface area (Å²) in [6.07, 6.45) is 3.01. The normalized spacial score (nSPS) is 27.9. The Morgan fingerprint density at radius 3 is 2.64 bits per heavy atom. The summed E-state index contributed by atoms with van der Waals surface area (Å²) in [4.78, 5) is 2.51. The zero-order chi connectivity index (χ0) is 15.4. The Hall–Kier alpha value is -0.490. The fourth-order valence-electron chi connectivity index (χ4n) is 3.53. The minimum atomic E-state index is -0.382. The van der Waals surface area contributed by atoms with Gasteiger partial charge in [-0.05, 0) is 50.0 Å². The molecule has 1 aromatic rings. The van der Waals surface area contributed by atoms with Crippen molar-refractivity contribution < 1.29 is 9.13 Å². The summed E-state index contributed by atoms with van der Waals surface area (Å²) >= 11 is 3.48. The molecule has 0 spiro atoms. The molecule has 0 radical (unpaired) electrons. The van der Waals surface area contributed by atoms with E-state index in [-0.39, 0.29) is 12.8 Å². The molecular formula is C17H24BrFN2O. The first kappa shape index (κ1) is 16.4. The number of halogens is 2. The van der Waals surface area contributed by atoms with Gasteiger partial charge in [-0.15, -0.1) is 0 Å². The minimum absolute atomic E-state index is 0.254. The number of ether oxygens (including phenoxy) is 1. The van der Waals surface area contributed by atoms with Gasteiger partial charge in [0.05, 0.1) is 12.7 Å². The van der Waals surface area contributed by atoms with Gasteiger partial charge in [-0.2, -0.15) is 0 Å². The second-order valence-electron chi connectivity index (χ2n) is 6.27. The standard InChI is InChI=1S/C17H24BrFN2O/c18-14-3-1-13(2-4-14)9-16-12-22-17(10-19)11-21(16)15-5-7-20-8-6-15/h1-4,15-17,20H,5-12H2/t16-,17-/m0/s1. The molecule has 3 nitrogen and oxygen atoms in total. The lowest BCUT2D eigenvalue weighted by Gasteiger charge is -2.45. The van der Waals surface area contributed by atoms with Gasteiger partial charge in [-0.3, -0.25) is 4.90 Å². The number of hydrogen-bond acceptors (Lipinski definition) is 3. The number of benzene rings is 1. The number of hydrogen-bond donors (Lipinski definition) is 1. The molecule has 0 saturated carbocycles. The molecule has 22 heavy (non-hydrogen) atoms. The highest BCUT2D eigenvalue weighted by atomic mass is 79.9. The third kappa shape index (κ3) is 4.07. The fraction of sp³-hybridized carbons (Fsp3) is 0.647. The molecule has 2 aliphatic heterocycles. The van der Waals surface area contributed by atoms with Crippen molar-refractivity contribution in [3.8, 4) is 0 Å². The highest BCUT2D eigenvalue weighted by molar-refractivity contribution is 9.10. The minimum Gasteiger partial charge on any atom is -0.373 e. The van der Waals surface area contributed by atoms with E-state index in [0.717, 1.165) is 43.4 Å². The molecule has 2 aliphatic rings. The molecule has 2 saturated heterocycles. The Morgan fingerprint density at radius 1 is 1.23 bits per heavy atom. The van der Waals surface area contributed by atoms with E-state index in [2.05, 4.69) is 50.4 Å². The van der Waals surface area contributed by atoms with Crippen molar-refractivity contribution in [2.45, 2.75) is 37.5 Å². The van der Waals surface area contributed by atoms with Crippen molar-refractivity contribution in [2.24, 2.45) is 0 Å². The van der Waals surface area contributed by atoms with Crippen molar-refractivity contribution >= 4 is 15.9 Å². The Labute approximate surface area is 140 Å². The monoisotopic (exact) mass is 370 g/mol. The van der Waals surface area contributed by atoms with Crippen LogP contribution in [0.4, 0.5) is 4.39 Å². The van der Waals surface area contributed by atoms with E-state index < -0.39 is 0 Å². The van der Waals surface area contributed by atoms with Crippen molar-refractivity contribution in [3.63, 3.8) is 0 Å². The molecule has 0 unspecified atom stereocenters. The second kappa shape index (κ2) is 7.86. The Balaban J connectivity index is 1.70. The number of morpholine rings is 1. The van der Waals surface area contributed by atoms with Gasteiger partial charge in [0.25, 0.3) is 0 Å². The molecule has 5 heteroatoms. The number of nitrogens with one attached hydrogen (secondary N) is 1. The molecule has 2 fully saturated rings. The van der Waals surface area contributed by atoms with Crippen molar-refractivity contribution in [1.82, 2.24) is 10.2 Å². The molecule has 0 aliphatic carbocycles. The van der Waals surface area contributed by atoms with Crippen LogP contribution in [0.2, 0.25) is 0 Å². The average molecular weight is 371 g/mol. The number of alkyl halides is 1. The Bertz CT molecular complexity index is 464. The van der Waals surface area contributed by atoms with E-state index in [4.69, 9.17) is 4.74 Å². The first-order chi connectivity index (χ1) is 10.8. The summed E-state index contributed by atoms with van der Waals surface area (Å²) in [5, 5.41) is 3.41. The molecule has 1 N–H and O–H groups in total. The van der Waals surface area contributed by atoms with Gasteiger partial charge in [0.1, 0.15) is 6.67 Å². The fourth-order valence-corrected chi connectivity index (χ4v) is 3.79.